The second-order valence-corrected chi connectivity index (χ2v) is 9.30. The summed E-state index contributed by atoms with van der Waals surface area (Å²) in [4.78, 5) is 12.1. The fourth-order valence-corrected chi connectivity index (χ4v) is 4.73. The molecule has 0 spiro atoms. The van der Waals surface area contributed by atoms with Crippen LogP contribution in [0.25, 0.3) is 0 Å². The lowest BCUT2D eigenvalue weighted by Gasteiger charge is -2.25. The van der Waals surface area contributed by atoms with Crippen LogP contribution in [-0.2, 0) is 21.0 Å². The van der Waals surface area contributed by atoms with Crippen molar-refractivity contribution in [3.8, 4) is 5.75 Å². The van der Waals surface area contributed by atoms with Gasteiger partial charge in [0.25, 0.3) is 10.0 Å². The Morgan fingerprint density at radius 1 is 1.00 bits per heavy atom. The van der Waals surface area contributed by atoms with Gasteiger partial charge in [-0.2, -0.15) is 13.2 Å². The lowest BCUT2D eigenvalue weighted by Crippen LogP contribution is -2.34. The molecule has 6 nitrogen and oxygen atoms in total. The number of hydrogen-bond donors (Lipinski definition) is 1. The quantitative estimate of drug-likeness (QED) is 0.466. The number of alkyl halides is 3. The van der Waals surface area contributed by atoms with Crippen LogP contribution in [0.1, 0.15) is 17.5 Å². The van der Waals surface area contributed by atoms with Gasteiger partial charge in [-0.15, -0.1) is 0 Å². The molecule has 1 amide bonds. The highest BCUT2D eigenvalue weighted by Gasteiger charge is 2.33. The van der Waals surface area contributed by atoms with Gasteiger partial charge in [-0.3, -0.25) is 9.10 Å². The van der Waals surface area contributed by atoms with Crippen LogP contribution in [0.3, 0.4) is 0 Å². The zero-order valence-corrected chi connectivity index (χ0v) is 19.3. The molecule has 0 aliphatic heterocycles. The molecule has 0 heterocycles. The Labute approximate surface area is 196 Å². The van der Waals surface area contributed by atoms with Crippen LogP contribution in [0.5, 0.6) is 5.75 Å². The van der Waals surface area contributed by atoms with Crippen molar-refractivity contribution >= 4 is 27.3 Å². The van der Waals surface area contributed by atoms with Crippen molar-refractivity contribution in [1.82, 2.24) is 0 Å². The van der Waals surface area contributed by atoms with Crippen LogP contribution in [-0.4, -0.2) is 28.0 Å². The maximum absolute atomic E-state index is 13.4. The number of carbonyl (C=O) groups excluding carboxylic acids is 1. The highest BCUT2D eigenvalue weighted by Crippen LogP contribution is 2.32. The largest absolute Gasteiger partial charge is 0.495 e. The third kappa shape index (κ3) is 5.88. The Hall–Kier alpha value is -3.53. The summed E-state index contributed by atoms with van der Waals surface area (Å²) < 4.78 is 72.4. The molecular formula is C24H23F3N2O4S. The molecule has 0 unspecified atom stereocenters. The minimum atomic E-state index is -4.70. The molecule has 1 N–H and O–H groups in total. The maximum Gasteiger partial charge on any atom is 0.416 e. The topological polar surface area (TPSA) is 75.7 Å². The first-order valence-corrected chi connectivity index (χ1v) is 11.7. The molecule has 34 heavy (non-hydrogen) atoms. The lowest BCUT2D eigenvalue weighted by molar-refractivity contribution is -0.137. The van der Waals surface area contributed by atoms with Crippen molar-refractivity contribution in [2.45, 2.75) is 24.4 Å². The highest BCUT2D eigenvalue weighted by atomic mass is 32.2. The summed E-state index contributed by atoms with van der Waals surface area (Å²) in [6, 6.07) is 16.7. The highest BCUT2D eigenvalue weighted by molar-refractivity contribution is 7.92. The van der Waals surface area contributed by atoms with Gasteiger partial charge in [-0.1, -0.05) is 35.9 Å². The number of methoxy groups -OCH3 is 1. The molecule has 0 bridgehead atoms. The van der Waals surface area contributed by atoms with Crippen molar-refractivity contribution in [2.75, 3.05) is 23.3 Å². The van der Waals surface area contributed by atoms with E-state index in [2.05, 4.69) is 5.32 Å². The second kappa shape index (κ2) is 10.2. The number of amides is 1. The Kier molecular flexibility index (Phi) is 7.51. The number of ether oxygens (including phenoxy) is 1. The van der Waals surface area contributed by atoms with Gasteiger partial charge in [-0.25, -0.2) is 8.42 Å². The molecule has 0 radical (unpaired) electrons. The molecule has 3 aromatic rings. The SMILES string of the molecule is COc1ccccc1NC(=O)CCN(c1ccc(C)cc1)S(=O)(=O)c1cccc(C(F)(F)F)c1. The summed E-state index contributed by atoms with van der Waals surface area (Å²) in [5.74, 6) is -0.0521. The molecule has 0 atom stereocenters. The lowest BCUT2D eigenvalue weighted by atomic mass is 10.2. The van der Waals surface area contributed by atoms with Gasteiger partial charge >= 0.3 is 6.18 Å². The van der Waals surface area contributed by atoms with E-state index >= 15 is 0 Å². The number of rotatable bonds is 8. The van der Waals surface area contributed by atoms with Crippen LogP contribution in [0.4, 0.5) is 24.5 Å². The molecule has 3 rings (SSSR count). The van der Waals surface area contributed by atoms with Gasteiger partial charge in [-0.05, 0) is 49.4 Å². The van der Waals surface area contributed by atoms with Crippen LogP contribution in [0.2, 0.25) is 0 Å². The molecule has 0 saturated carbocycles. The number of nitrogens with one attached hydrogen (secondary N) is 1. The predicted molar refractivity (Wildman–Crippen MR) is 123 cm³/mol. The summed E-state index contributed by atoms with van der Waals surface area (Å²) in [5, 5.41) is 2.66. The fourth-order valence-electron chi connectivity index (χ4n) is 3.22. The summed E-state index contributed by atoms with van der Waals surface area (Å²) in [5.41, 5.74) is 0.436. The molecule has 10 heteroatoms. The first kappa shape index (κ1) is 25.1. The van der Waals surface area contributed by atoms with Crippen molar-refractivity contribution in [1.29, 1.82) is 0 Å². The number of halogens is 3. The van der Waals surface area contributed by atoms with E-state index in [1.807, 2.05) is 6.92 Å². The predicted octanol–water partition coefficient (Wildman–Crippen LogP) is 5.25. The minimum absolute atomic E-state index is 0.230. The van der Waals surface area contributed by atoms with Crippen molar-refractivity contribution < 1.29 is 31.1 Å². The Morgan fingerprint density at radius 2 is 1.68 bits per heavy atom. The van der Waals surface area contributed by atoms with E-state index in [1.54, 1.807) is 48.5 Å². The number of benzene rings is 3. The fraction of sp³-hybridized carbons (Fsp3) is 0.208. The van der Waals surface area contributed by atoms with E-state index < -0.39 is 32.6 Å². The van der Waals surface area contributed by atoms with Crippen LogP contribution in [0.15, 0.2) is 77.7 Å². The third-order valence-electron chi connectivity index (χ3n) is 4.99. The normalized spacial score (nSPS) is 11.7. The van der Waals surface area contributed by atoms with Crippen LogP contribution >= 0.6 is 0 Å². The smallest absolute Gasteiger partial charge is 0.416 e. The van der Waals surface area contributed by atoms with E-state index in [-0.39, 0.29) is 18.7 Å². The minimum Gasteiger partial charge on any atom is -0.495 e. The van der Waals surface area contributed by atoms with Gasteiger partial charge < -0.3 is 10.1 Å². The molecular weight excluding hydrogens is 469 g/mol. The molecule has 3 aromatic carbocycles. The van der Waals surface area contributed by atoms with E-state index in [0.29, 0.717) is 17.5 Å². The number of aryl methyl sites for hydroxylation is 1. The van der Waals surface area contributed by atoms with E-state index in [4.69, 9.17) is 4.74 Å². The second-order valence-electron chi connectivity index (χ2n) is 7.44. The van der Waals surface area contributed by atoms with E-state index in [9.17, 15) is 26.4 Å². The number of hydrogen-bond acceptors (Lipinski definition) is 4. The van der Waals surface area contributed by atoms with E-state index in [0.717, 1.165) is 28.1 Å². The van der Waals surface area contributed by atoms with Gasteiger partial charge in [0.2, 0.25) is 5.91 Å². The number of anilines is 2. The molecule has 180 valence electrons. The zero-order valence-electron chi connectivity index (χ0n) is 18.5. The van der Waals surface area contributed by atoms with Gasteiger partial charge in [0.1, 0.15) is 5.75 Å². The van der Waals surface area contributed by atoms with Crippen LogP contribution in [0, 0.1) is 6.92 Å². The summed E-state index contributed by atoms with van der Waals surface area (Å²) in [6.07, 6.45) is -4.95. The van der Waals surface area contributed by atoms with Gasteiger partial charge in [0.15, 0.2) is 0 Å². The number of nitrogens with zero attached hydrogens (tertiary/aromatic N) is 1. The molecule has 0 aliphatic rings. The van der Waals surface area contributed by atoms with Gasteiger partial charge in [0.05, 0.1) is 28.9 Å². The van der Waals surface area contributed by atoms with Gasteiger partial charge in [0, 0.05) is 13.0 Å². The maximum atomic E-state index is 13.4. The Morgan fingerprint density at radius 3 is 2.32 bits per heavy atom. The number of carbonyl (C=O) groups is 1. The monoisotopic (exact) mass is 492 g/mol. The average molecular weight is 493 g/mol. The zero-order chi connectivity index (χ0) is 24.9. The van der Waals surface area contributed by atoms with Crippen molar-refractivity contribution in [3.05, 3.63) is 83.9 Å². The standard InChI is InChI=1S/C24H23F3N2O4S/c1-17-10-12-19(13-11-17)29(15-14-23(30)28-21-8-3-4-9-22(21)33-2)34(31,32)20-7-5-6-18(16-20)24(25,26)27/h3-13,16H,14-15H2,1-2H3,(H,28,30). The third-order valence-corrected chi connectivity index (χ3v) is 6.82. The Bertz CT molecular complexity index is 1260. The molecule has 0 aliphatic carbocycles. The molecule has 0 fully saturated rings. The number of sulfonamides is 1. The average Bonchev–Trinajstić information content (AvgIpc) is 2.80. The van der Waals surface area contributed by atoms with Crippen LogP contribution < -0.4 is 14.4 Å². The van der Waals surface area contributed by atoms with E-state index in [1.165, 1.54) is 7.11 Å². The van der Waals surface area contributed by atoms with Crippen molar-refractivity contribution in [2.24, 2.45) is 0 Å². The van der Waals surface area contributed by atoms with Crippen molar-refractivity contribution in [3.63, 3.8) is 0 Å². The molecule has 0 aromatic heterocycles. The summed E-state index contributed by atoms with van der Waals surface area (Å²) in [7, 11) is -2.95. The first-order valence-electron chi connectivity index (χ1n) is 10.2. The number of para-hydroxylation sites is 2. The summed E-state index contributed by atoms with van der Waals surface area (Å²) in [6.45, 7) is 1.53. The Balaban J connectivity index is 1.90. The molecule has 0 saturated heterocycles. The first-order chi connectivity index (χ1) is 16.0. The summed E-state index contributed by atoms with van der Waals surface area (Å²) >= 11 is 0.